The maximum Gasteiger partial charge on any atom is 0.307 e. The first-order valence-electron chi connectivity index (χ1n) is 6.24. The lowest BCUT2D eigenvalue weighted by Gasteiger charge is -2.11. The summed E-state index contributed by atoms with van der Waals surface area (Å²) in [5, 5.41) is 8.87. The Morgan fingerprint density at radius 2 is 1.90 bits per heavy atom. The maximum absolute atomic E-state index is 13.0. The topological polar surface area (TPSA) is 46.5 Å². The maximum atomic E-state index is 13.0. The number of halogens is 1. The fourth-order valence-electron chi connectivity index (χ4n) is 1.96. The summed E-state index contributed by atoms with van der Waals surface area (Å²) < 4.78 is 18.6. The summed E-state index contributed by atoms with van der Waals surface area (Å²) in [7, 11) is 0. The highest BCUT2D eigenvalue weighted by atomic mass is 19.1. The lowest BCUT2D eigenvalue weighted by molar-refractivity contribution is -0.136. The summed E-state index contributed by atoms with van der Waals surface area (Å²) in [5.74, 6) is -0.590. The van der Waals surface area contributed by atoms with Crippen LogP contribution in [0.5, 0.6) is 5.75 Å². The number of hydrogen-bond donors (Lipinski definition) is 1. The van der Waals surface area contributed by atoms with Crippen molar-refractivity contribution in [3.05, 3.63) is 65.0 Å². The highest BCUT2D eigenvalue weighted by molar-refractivity contribution is 5.70. The van der Waals surface area contributed by atoms with Crippen molar-refractivity contribution in [1.29, 1.82) is 0 Å². The van der Waals surface area contributed by atoms with E-state index in [4.69, 9.17) is 9.84 Å². The molecule has 2 aromatic carbocycles. The number of carboxylic acid groups (broad SMARTS) is 1. The number of aryl methyl sites for hydroxylation is 1. The average molecular weight is 274 g/mol. The van der Waals surface area contributed by atoms with Gasteiger partial charge in [0.25, 0.3) is 0 Å². The second kappa shape index (κ2) is 6.19. The highest BCUT2D eigenvalue weighted by Crippen LogP contribution is 2.20. The molecule has 0 radical (unpaired) electrons. The van der Waals surface area contributed by atoms with Gasteiger partial charge >= 0.3 is 5.97 Å². The van der Waals surface area contributed by atoms with Crippen molar-refractivity contribution in [2.45, 2.75) is 20.0 Å². The van der Waals surface area contributed by atoms with Crippen LogP contribution in [0.3, 0.4) is 0 Å². The molecule has 3 nitrogen and oxygen atoms in total. The Kier molecular flexibility index (Phi) is 4.35. The van der Waals surface area contributed by atoms with Crippen LogP contribution in [0.2, 0.25) is 0 Å². The number of aliphatic carboxylic acids is 1. The van der Waals surface area contributed by atoms with Crippen LogP contribution in [0.1, 0.15) is 16.7 Å². The van der Waals surface area contributed by atoms with E-state index in [9.17, 15) is 9.18 Å². The number of ether oxygens (including phenoxy) is 1. The van der Waals surface area contributed by atoms with E-state index in [0.29, 0.717) is 11.3 Å². The second-order valence-corrected chi connectivity index (χ2v) is 4.54. The van der Waals surface area contributed by atoms with Crippen molar-refractivity contribution >= 4 is 5.97 Å². The summed E-state index contributed by atoms with van der Waals surface area (Å²) >= 11 is 0. The summed E-state index contributed by atoms with van der Waals surface area (Å²) in [6.45, 7) is 2.03. The lowest BCUT2D eigenvalue weighted by atomic mass is 10.1. The Labute approximate surface area is 116 Å². The summed E-state index contributed by atoms with van der Waals surface area (Å²) in [4.78, 5) is 10.8. The van der Waals surface area contributed by atoms with Gasteiger partial charge < -0.3 is 9.84 Å². The second-order valence-electron chi connectivity index (χ2n) is 4.54. The molecule has 0 aromatic heterocycles. The molecule has 0 saturated carbocycles. The minimum Gasteiger partial charge on any atom is -0.489 e. The first-order chi connectivity index (χ1) is 9.56. The molecule has 0 spiro atoms. The Morgan fingerprint density at radius 1 is 1.20 bits per heavy atom. The van der Waals surface area contributed by atoms with Crippen LogP contribution in [-0.2, 0) is 17.8 Å². The van der Waals surface area contributed by atoms with Gasteiger partial charge in [-0.3, -0.25) is 4.79 Å². The highest BCUT2D eigenvalue weighted by Gasteiger charge is 2.08. The number of carboxylic acids is 1. The zero-order valence-electron chi connectivity index (χ0n) is 11.1. The van der Waals surface area contributed by atoms with E-state index >= 15 is 0 Å². The van der Waals surface area contributed by atoms with E-state index < -0.39 is 5.97 Å². The SMILES string of the molecule is Cc1cc(F)ccc1OCc1ccccc1CC(=O)O. The Hall–Kier alpha value is -2.36. The van der Waals surface area contributed by atoms with E-state index in [1.54, 1.807) is 25.1 Å². The molecule has 0 saturated heterocycles. The summed E-state index contributed by atoms with van der Waals surface area (Å²) in [6.07, 6.45) is -0.0397. The molecule has 2 aromatic rings. The largest absolute Gasteiger partial charge is 0.489 e. The van der Waals surface area contributed by atoms with Crippen molar-refractivity contribution in [1.82, 2.24) is 0 Å². The predicted octanol–water partition coefficient (Wildman–Crippen LogP) is 3.34. The van der Waals surface area contributed by atoms with Crippen molar-refractivity contribution in [2.24, 2.45) is 0 Å². The van der Waals surface area contributed by atoms with Gasteiger partial charge in [0.2, 0.25) is 0 Å². The van der Waals surface area contributed by atoms with Crippen LogP contribution in [0, 0.1) is 12.7 Å². The average Bonchev–Trinajstić information content (AvgIpc) is 2.39. The Morgan fingerprint density at radius 3 is 2.55 bits per heavy atom. The number of hydrogen-bond acceptors (Lipinski definition) is 2. The zero-order valence-corrected chi connectivity index (χ0v) is 11.1. The van der Waals surface area contributed by atoms with Gasteiger partial charge in [0.15, 0.2) is 0 Å². The first kappa shape index (κ1) is 14.1. The van der Waals surface area contributed by atoms with Crippen LogP contribution < -0.4 is 4.74 Å². The third-order valence-corrected chi connectivity index (χ3v) is 2.98. The van der Waals surface area contributed by atoms with Crippen molar-refractivity contribution in [2.75, 3.05) is 0 Å². The third-order valence-electron chi connectivity index (χ3n) is 2.98. The van der Waals surface area contributed by atoms with Crippen LogP contribution in [-0.4, -0.2) is 11.1 Å². The molecule has 0 atom stereocenters. The van der Waals surface area contributed by atoms with Crippen molar-refractivity contribution < 1.29 is 19.0 Å². The van der Waals surface area contributed by atoms with Crippen LogP contribution >= 0.6 is 0 Å². The number of rotatable bonds is 5. The van der Waals surface area contributed by atoms with Gasteiger partial charge in [-0.25, -0.2) is 4.39 Å². The van der Waals surface area contributed by atoms with Crippen LogP contribution in [0.4, 0.5) is 4.39 Å². The molecular formula is C16H15FO3. The Bertz CT molecular complexity index is 623. The van der Waals surface area contributed by atoms with Gasteiger partial charge in [-0.05, 0) is 41.8 Å². The van der Waals surface area contributed by atoms with Crippen LogP contribution in [0.25, 0.3) is 0 Å². The minimum absolute atomic E-state index is 0.0397. The molecule has 0 fully saturated rings. The van der Waals surface area contributed by atoms with E-state index in [2.05, 4.69) is 0 Å². The van der Waals surface area contributed by atoms with Gasteiger partial charge in [-0.15, -0.1) is 0 Å². The molecule has 0 aliphatic carbocycles. The van der Waals surface area contributed by atoms with E-state index in [0.717, 1.165) is 11.1 Å². The standard InChI is InChI=1S/C16H15FO3/c1-11-8-14(17)6-7-15(11)20-10-13-5-3-2-4-12(13)9-16(18)19/h2-8H,9-10H2,1H3,(H,18,19). The van der Waals surface area contributed by atoms with Crippen LogP contribution in [0.15, 0.2) is 42.5 Å². The molecule has 104 valence electrons. The molecule has 0 bridgehead atoms. The van der Waals surface area contributed by atoms with Gasteiger partial charge in [-0.1, -0.05) is 24.3 Å². The van der Waals surface area contributed by atoms with E-state index in [1.807, 2.05) is 12.1 Å². The minimum atomic E-state index is -0.879. The van der Waals surface area contributed by atoms with Gasteiger partial charge in [-0.2, -0.15) is 0 Å². The molecule has 2 rings (SSSR count). The predicted molar refractivity (Wildman–Crippen MR) is 73.3 cm³/mol. The van der Waals surface area contributed by atoms with E-state index in [1.165, 1.54) is 12.1 Å². The van der Waals surface area contributed by atoms with Gasteiger partial charge in [0.1, 0.15) is 18.2 Å². The molecule has 20 heavy (non-hydrogen) atoms. The molecular weight excluding hydrogens is 259 g/mol. The smallest absolute Gasteiger partial charge is 0.307 e. The molecule has 0 heterocycles. The number of carbonyl (C=O) groups is 1. The number of benzene rings is 2. The molecule has 0 amide bonds. The molecule has 0 aliphatic rings. The Balaban J connectivity index is 2.12. The lowest BCUT2D eigenvalue weighted by Crippen LogP contribution is -2.06. The van der Waals surface area contributed by atoms with Gasteiger partial charge in [0.05, 0.1) is 6.42 Å². The molecule has 0 unspecified atom stereocenters. The summed E-state index contributed by atoms with van der Waals surface area (Å²) in [5.41, 5.74) is 2.25. The zero-order chi connectivity index (χ0) is 14.5. The third kappa shape index (κ3) is 3.57. The fourth-order valence-corrected chi connectivity index (χ4v) is 1.96. The van der Waals surface area contributed by atoms with Crippen molar-refractivity contribution in [3.8, 4) is 5.75 Å². The first-order valence-corrected chi connectivity index (χ1v) is 6.24. The summed E-state index contributed by atoms with van der Waals surface area (Å²) in [6, 6.07) is 11.5. The fraction of sp³-hybridized carbons (Fsp3) is 0.188. The normalized spacial score (nSPS) is 10.3. The molecule has 1 N–H and O–H groups in total. The van der Waals surface area contributed by atoms with Crippen molar-refractivity contribution in [3.63, 3.8) is 0 Å². The van der Waals surface area contributed by atoms with E-state index in [-0.39, 0.29) is 18.8 Å². The monoisotopic (exact) mass is 274 g/mol. The molecule has 0 aliphatic heterocycles. The quantitative estimate of drug-likeness (QED) is 0.909. The van der Waals surface area contributed by atoms with Gasteiger partial charge in [0, 0.05) is 0 Å². The molecule has 4 heteroatoms.